The van der Waals surface area contributed by atoms with Gasteiger partial charge < -0.3 is 4.74 Å². The summed E-state index contributed by atoms with van der Waals surface area (Å²) in [4.78, 5) is 9.16. The molecule has 14 heteroatoms. The van der Waals surface area contributed by atoms with Gasteiger partial charge in [-0.05, 0) is 32.9 Å². The summed E-state index contributed by atoms with van der Waals surface area (Å²) >= 11 is 0. The summed E-state index contributed by atoms with van der Waals surface area (Å²) in [6.07, 6.45) is -6.50. The average molecular weight is 419 g/mol. The molecule has 1 aromatic carbocycles. The minimum atomic E-state index is -5.22. The minimum Gasteiger partial charge on any atom is -0.444 e. The summed E-state index contributed by atoms with van der Waals surface area (Å²) in [6, 6.07) is 0.226. The largest absolute Gasteiger partial charge is 0.444 e. The molecule has 9 nitrogen and oxygen atoms in total. The Labute approximate surface area is 147 Å². The monoisotopic (exact) mass is 419 g/mol. The molecule has 0 bridgehead atoms. The van der Waals surface area contributed by atoms with Crippen molar-refractivity contribution in [1.29, 1.82) is 0 Å². The predicted octanol–water partition coefficient (Wildman–Crippen LogP) is 1.35. The molecule has 0 spiro atoms. The van der Waals surface area contributed by atoms with Crippen molar-refractivity contribution in [3.05, 3.63) is 17.7 Å². The maximum absolute atomic E-state index is 13.2. The predicted molar refractivity (Wildman–Crippen MR) is 84.0 cm³/mol. The number of anilines is 1. The van der Waals surface area contributed by atoms with Crippen LogP contribution in [0.5, 0.6) is 0 Å². The van der Waals surface area contributed by atoms with Crippen LogP contribution in [0.25, 0.3) is 0 Å². The Bertz CT molecular complexity index is 934. The first-order valence-corrected chi connectivity index (χ1v) is 9.72. The SMILES string of the molecule is CC(C)(C)OC(=O)Nc1cc(C(F)(F)F)c(S(N)(=O)=O)cc1S(N)(=O)=O. The molecular formula is C12H16F3N3O6S2. The van der Waals surface area contributed by atoms with Gasteiger partial charge in [-0.2, -0.15) is 13.2 Å². The van der Waals surface area contributed by atoms with Crippen molar-refractivity contribution in [2.24, 2.45) is 10.3 Å². The lowest BCUT2D eigenvalue weighted by molar-refractivity contribution is -0.139. The second-order valence-electron chi connectivity index (χ2n) is 6.06. The molecule has 0 aromatic heterocycles. The Kier molecular flexibility index (Phi) is 5.69. The van der Waals surface area contributed by atoms with Crippen molar-refractivity contribution in [1.82, 2.24) is 0 Å². The quantitative estimate of drug-likeness (QED) is 0.671. The lowest BCUT2D eigenvalue weighted by atomic mass is 10.2. The minimum absolute atomic E-state index is 0.101. The number of sulfonamides is 2. The van der Waals surface area contributed by atoms with E-state index in [1.807, 2.05) is 5.32 Å². The topological polar surface area (TPSA) is 159 Å². The van der Waals surface area contributed by atoms with Crippen LogP contribution < -0.4 is 15.6 Å². The van der Waals surface area contributed by atoms with Crippen molar-refractivity contribution >= 4 is 31.8 Å². The summed E-state index contributed by atoms with van der Waals surface area (Å²) < 4.78 is 90.4. The van der Waals surface area contributed by atoms with Crippen LogP contribution in [0.1, 0.15) is 26.3 Å². The number of nitrogens with one attached hydrogen (secondary N) is 1. The molecule has 0 saturated carbocycles. The average Bonchev–Trinajstić information content (AvgIpc) is 2.31. The van der Waals surface area contributed by atoms with Crippen LogP contribution in [0.3, 0.4) is 0 Å². The number of primary sulfonamides is 2. The molecule has 1 rings (SSSR count). The van der Waals surface area contributed by atoms with Crippen LogP contribution in [-0.4, -0.2) is 28.5 Å². The van der Waals surface area contributed by atoms with E-state index in [0.29, 0.717) is 0 Å². The second-order valence-corrected chi connectivity index (χ2v) is 9.12. The molecule has 5 N–H and O–H groups in total. The summed E-state index contributed by atoms with van der Waals surface area (Å²) in [7, 11) is -9.68. The number of carbonyl (C=O) groups is 1. The molecule has 0 aliphatic heterocycles. The molecule has 0 heterocycles. The van der Waals surface area contributed by atoms with Gasteiger partial charge in [0.15, 0.2) is 0 Å². The fourth-order valence-corrected chi connectivity index (χ4v) is 3.30. The number of benzene rings is 1. The number of ether oxygens (including phenoxy) is 1. The first-order chi connectivity index (χ1) is 11.3. The van der Waals surface area contributed by atoms with Crippen LogP contribution in [0.4, 0.5) is 23.7 Å². The third-order valence-electron chi connectivity index (χ3n) is 2.64. The molecule has 26 heavy (non-hydrogen) atoms. The highest BCUT2D eigenvalue weighted by molar-refractivity contribution is 7.90. The Balaban J connectivity index is 3.71. The number of rotatable bonds is 3. The van der Waals surface area contributed by atoms with E-state index in [0.717, 1.165) is 0 Å². The highest BCUT2D eigenvalue weighted by atomic mass is 32.2. The van der Waals surface area contributed by atoms with Gasteiger partial charge in [0.1, 0.15) is 10.5 Å². The van der Waals surface area contributed by atoms with Gasteiger partial charge in [-0.15, -0.1) is 0 Å². The van der Waals surface area contributed by atoms with Gasteiger partial charge in [-0.25, -0.2) is 31.9 Å². The lowest BCUT2D eigenvalue weighted by Gasteiger charge is -2.21. The zero-order chi connectivity index (χ0) is 20.7. The van der Waals surface area contributed by atoms with E-state index in [9.17, 15) is 34.8 Å². The number of carbonyl (C=O) groups excluding carboxylic acids is 1. The highest BCUT2D eigenvalue weighted by Gasteiger charge is 2.38. The first kappa shape index (κ1) is 22.1. The number of halogens is 3. The van der Waals surface area contributed by atoms with Crippen molar-refractivity contribution in [2.75, 3.05) is 5.32 Å². The first-order valence-electron chi connectivity index (χ1n) is 6.63. The molecule has 1 amide bonds. The van der Waals surface area contributed by atoms with E-state index in [1.54, 1.807) is 0 Å². The second kappa shape index (κ2) is 6.68. The molecule has 0 saturated heterocycles. The van der Waals surface area contributed by atoms with Crippen molar-refractivity contribution < 1.29 is 39.5 Å². The van der Waals surface area contributed by atoms with Crippen molar-refractivity contribution in [2.45, 2.75) is 42.3 Å². The lowest BCUT2D eigenvalue weighted by Crippen LogP contribution is -2.29. The molecule has 0 aliphatic carbocycles. The summed E-state index contributed by atoms with van der Waals surface area (Å²) in [5.74, 6) is 0. The number of amides is 1. The fraction of sp³-hybridized carbons (Fsp3) is 0.417. The Morgan fingerprint density at radius 1 is 1.00 bits per heavy atom. The van der Waals surface area contributed by atoms with Gasteiger partial charge in [-0.3, -0.25) is 5.32 Å². The molecule has 148 valence electrons. The molecular weight excluding hydrogens is 403 g/mol. The molecule has 0 atom stereocenters. The normalized spacial score (nSPS) is 13.4. The third-order valence-corrected chi connectivity index (χ3v) is 4.54. The maximum Gasteiger partial charge on any atom is 0.417 e. The molecule has 1 aromatic rings. The Morgan fingerprint density at radius 2 is 1.46 bits per heavy atom. The maximum atomic E-state index is 13.2. The van der Waals surface area contributed by atoms with E-state index >= 15 is 0 Å². The van der Waals surface area contributed by atoms with Gasteiger partial charge in [-0.1, -0.05) is 0 Å². The molecule has 0 fully saturated rings. The van der Waals surface area contributed by atoms with Gasteiger partial charge >= 0.3 is 12.3 Å². The van der Waals surface area contributed by atoms with Crippen LogP contribution in [-0.2, 0) is 31.0 Å². The van der Waals surface area contributed by atoms with Gasteiger partial charge in [0.25, 0.3) is 0 Å². The van der Waals surface area contributed by atoms with Crippen molar-refractivity contribution in [3.63, 3.8) is 0 Å². The molecule has 0 aliphatic rings. The highest BCUT2D eigenvalue weighted by Crippen LogP contribution is 2.38. The Hall–Kier alpha value is -1.90. The van der Waals surface area contributed by atoms with Gasteiger partial charge in [0, 0.05) is 0 Å². The zero-order valence-electron chi connectivity index (χ0n) is 13.7. The van der Waals surface area contributed by atoms with Crippen LogP contribution >= 0.6 is 0 Å². The van der Waals surface area contributed by atoms with E-state index in [2.05, 4.69) is 0 Å². The number of nitrogens with two attached hydrogens (primary N) is 2. The van der Waals surface area contributed by atoms with Crippen LogP contribution in [0.15, 0.2) is 21.9 Å². The Morgan fingerprint density at radius 3 is 1.81 bits per heavy atom. The van der Waals surface area contributed by atoms with E-state index in [4.69, 9.17) is 15.0 Å². The zero-order valence-corrected chi connectivity index (χ0v) is 15.3. The summed E-state index contributed by atoms with van der Waals surface area (Å²) in [6.45, 7) is 4.37. The van der Waals surface area contributed by atoms with Gasteiger partial charge in [0.2, 0.25) is 20.0 Å². The van der Waals surface area contributed by atoms with Crippen LogP contribution in [0, 0.1) is 0 Å². The van der Waals surface area contributed by atoms with Gasteiger partial charge in [0.05, 0.1) is 16.1 Å². The molecule has 0 unspecified atom stereocenters. The van der Waals surface area contributed by atoms with Crippen molar-refractivity contribution in [3.8, 4) is 0 Å². The smallest absolute Gasteiger partial charge is 0.417 e. The van der Waals surface area contributed by atoms with E-state index < -0.39 is 59.0 Å². The third kappa shape index (κ3) is 5.82. The van der Waals surface area contributed by atoms with Crippen LogP contribution in [0.2, 0.25) is 0 Å². The number of alkyl halides is 3. The van der Waals surface area contributed by atoms with E-state index in [1.165, 1.54) is 20.8 Å². The molecule has 0 radical (unpaired) electrons. The summed E-state index contributed by atoms with van der Waals surface area (Å²) in [5, 5.41) is 11.4. The number of hydrogen-bond donors (Lipinski definition) is 3. The standard InChI is InChI=1S/C12H16F3N3O6S2/c1-11(2,3)24-10(19)18-7-4-6(12(13,14)15)8(25(16,20)21)5-9(7)26(17,22)23/h4-5H,1-3H3,(H,18,19)(H2,16,20,21)(H2,17,22,23). The summed E-state index contributed by atoms with van der Waals surface area (Å²) in [5.41, 5.74) is -3.74. The number of hydrogen-bond acceptors (Lipinski definition) is 6. The van der Waals surface area contributed by atoms with E-state index in [-0.39, 0.29) is 12.1 Å². The fourth-order valence-electron chi connectivity index (χ4n) is 1.76.